The largest absolute Gasteiger partial charge is 0.478 e. The molecule has 0 saturated carbocycles. The maximum atomic E-state index is 11.0. The molecule has 0 aliphatic rings. The number of carboxylic acids is 2. The number of hydrogen-bond donors (Lipinski definition) is 2. The summed E-state index contributed by atoms with van der Waals surface area (Å²) in [5.74, 6) is -2.65. The van der Waals surface area contributed by atoms with E-state index in [0.717, 1.165) is 0 Å². The minimum atomic E-state index is -1.32. The summed E-state index contributed by atoms with van der Waals surface area (Å²) in [6.07, 6.45) is -1.64. The highest BCUT2D eigenvalue weighted by Crippen LogP contribution is 2.17. The summed E-state index contributed by atoms with van der Waals surface area (Å²) in [4.78, 5) is 22.0. The topological polar surface area (TPSA) is 93.1 Å². The zero-order valence-electron chi connectivity index (χ0n) is 9.68. The number of carbonyl (C=O) groups is 2. The Bertz CT molecular complexity index is 276. The van der Waals surface area contributed by atoms with Crippen molar-refractivity contribution in [2.45, 2.75) is 26.1 Å². The van der Waals surface area contributed by atoms with E-state index in [1.165, 1.54) is 28.1 Å². The molecule has 0 aromatic rings. The van der Waals surface area contributed by atoms with Gasteiger partial charge < -0.3 is 19.7 Å². The molecule has 0 aromatic carbocycles. The van der Waals surface area contributed by atoms with Crippen molar-refractivity contribution < 1.29 is 29.3 Å². The molecule has 2 atom stereocenters. The SMILES string of the molecule is COC(C)/C(C(=O)O)=C(/C(=O)O)C(C)OC. The first-order valence-corrected chi connectivity index (χ1v) is 4.63. The number of carboxylic acid groups (broad SMARTS) is 2. The molecule has 6 heteroatoms. The van der Waals surface area contributed by atoms with Crippen LogP contribution in [0.1, 0.15) is 13.8 Å². The maximum Gasteiger partial charge on any atom is 0.334 e. The van der Waals surface area contributed by atoms with Crippen LogP contribution in [0.2, 0.25) is 0 Å². The van der Waals surface area contributed by atoms with Gasteiger partial charge in [-0.25, -0.2) is 9.59 Å². The van der Waals surface area contributed by atoms with Gasteiger partial charge in [0.2, 0.25) is 0 Å². The Hall–Kier alpha value is -1.40. The second kappa shape index (κ2) is 6.24. The van der Waals surface area contributed by atoms with Crippen molar-refractivity contribution >= 4 is 11.9 Å². The summed E-state index contributed by atoms with van der Waals surface area (Å²) in [6, 6.07) is 0. The van der Waals surface area contributed by atoms with Gasteiger partial charge in [0.05, 0.1) is 23.4 Å². The molecule has 0 aliphatic carbocycles. The van der Waals surface area contributed by atoms with Crippen LogP contribution in [0.15, 0.2) is 11.1 Å². The molecule has 0 heterocycles. The van der Waals surface area contributed by atoms with E-state index in [4.69, 9.17) is 19.7 Å². The molecular weight excluding hydrogens is 216 g/mol. The summed E-state index contributed by atoms with van der Waals surface area (Å²) < 4.78 is 9.68. The van der Waals surface area contributed by atoms with Gasteiger partial charge in [-0.3, -0.25) is 0 Å². The third-order valence-corrected chi connectivity index (χ3v) is 2.27. The van der Waals surface area contributed by atoms with Crippen molar-refractivity contribution in [3.05, 3.63) is 11.1 Å². The molecule has 6 nitrogen and oxygen atoms in total. The van der Waals surface area contributed by atoms with E-state index in [0.29, 0.717) is 0 Å². The molecule has 0 amide bonds. The summed E-state index contributed by atoms with van der Waals surface area (Å²) in [5, 5.41) is 18.0. The zero-order valence-corrected chi connectivity index (χ0v) is 9.68. The Kier molecular flexibility index (Phi) is 5.69. The fourth-order valence-corrected chi connectivity index (χ4v) is 1.25. The molecule has 0 bridgehead atoms. The first-order chi connectivity index (χ1) is 7.36. The monoisotopic (exact) mass is 232 g/mol. The fourth-order valence-electron chi connectivity index (χ4n) is 1.25. The lowest BCUT2D eigenvalue weighted by atomic mass is 9.99. The lowest BCUT2D eigenvalue weighted by Crippen LogP contribution is -2.27. The van der Waals surface area contributed by atoms with Gasteiger partial charge in [0, 0.05) is 14.2 Å². The molecule has 0 spiro atoms. The second-order valence-electron chi connectivity index (χ2n) is 3.19. The number of hydrogen-bond acceptors (Lipinski definition) is 4. The van der Waals surface area contributed by atoms with Crippen LogP contribution in [0.5, 0.6) is 0 Å². The quantitative estimate of drug-likeness (QED) is 0.648. The summed E-state index contributed by atoms with van der Waals surface area (Å²) in [5.41, 5.74) is -0.603. The van der Waals surface area contributed by atoms with Gasteiger partial charge in [-0.1, -0.05) is 0 Å². The molecule has 92 valence electrons. The van der Waals surface area contributed by atoms with Crippen LogP contribution in [0, 0.1) is 0 Å². The Morgan fingerprint density at radius 3 is 1.25 bits per heavy atom. The van der Waals surface area contributed by atoms with E-state index >= 15 is 0 Å². The predicted molar refractivity (Wildman–Crippen MR) is 55.2 cm³/mol. The lowest BCUT2D eigenvalue weighted by Gasteiger charge is -2.18. The molecule has 0 radical (unpaired) electrons. The smallest absolute Gasteiger partial charge is 0.334 e. The van der Waals surface area contributed by atoms with Gasteiger partial charge in [-0.05, 0) is 13.8 Å². The molecule has 0 aromatic heterocycles. The third kappa shape index (κ3) is 3.32. The summed E-state index contributed by atoms with van der Waals surface area (Å²) in [6.45, 7) is 2.93. The predicted octanol–water partition coefficient (Wildman–Crippen LogP) is 0.522. The first kappa shape index (κ1) is 14.6. The maximum absolute atomic E-state index is 11.0. The second-order valence-corrected chi connectivity index (χ2v) is 3.19. The van der Waals surface area contributed by atoms with Crippen LogP contribution < -0.4 is 0 Å². The normalized spacial score (nSPS) is 16.2. The van der Waals surface area contributed by atoms with Gasteiger partial charge in [-0.15, -0.1) is 0 Å². The van der Waals surface area contributed by atoms with Gasteiger partial charge in [0.25, 0.3) is 0 Å². The van der Waals surface area contributed by atoms with E-state index in [9.17, 15) is 9.59 Å². The van der Waals surface area contributed by atoms with Crippen molar-refractivity contribution in [3.63, 3.8) is 0 Å². The van der Waals surface area contributed by atoms with Crippen molar-refractivity contribution in [2.75, 3.05) is 14.2 Å². The van der Waals surface area contributed by atoms with Crippen LogP contribution in [-0.4, -0.2) is 48.6 Å². The van der Waals surface area contributed by atoms with Gasteiger partial charge >= 0.3 is 11.9 Å². The Balaban J connectivity index is 5.63. The van der Waals surface area contributed by atoms with Crippen LogP contribution in [0.25, 0.3) is 0 Å². The molecule has 2 unspecified atom stereocenters. The number of methoxy groups -OCH3 is 2. The van der Waals surface area contributed by atoms with E-state index in [1.54, 1.807) is 0 Å². The molecular formula is C10H16O6. The highest BCUT2D eigenvalue weighted by molar-refractivity contribution is 6.00. The standard InChI is InChI=1S/C10H16O6/c1-5(15-3)7(9(11)12)8(10(13)14)6(2)16-4/h5-6H,1-4H3,(H,11,12)(H,13,14)/b8-7-. The van der Waals surface area contributed by atoms with Gasteiger partial charge in [-0.2, -0.15) is 0 Å². The molecule has 0 rings (SSSR count). The van der Waals surface area contributed by atoms with Crippen molar-refractivity contribution in [2.24, 2.45) is 0 Å². The van der Waals surface area contributed by atoms with Gasteiger partial charge in [0.15, 0.2) is 0 Å². The average Bonchev–Trinajstić information content (AvgIpc) is 2.22. The number of rotatable bonds is 6. The minimum Gasteiger partial charge on any atom is -0.478 e. The Morgan fingerprint density at radius 1 is 0.875 bits per heavy atom. The molecule has 0 saturated heterocycles. The molecule has 16 heavy (non-hydrogen) atoms. The highest BCUT2D eigenvalue weighted by Gasteiger charge is 2.28. The van der Waals surface area contributed by atoms with Crippen LogP contribution in [0.3, 0.4) is 0 Å². The van der Waals surface area contributed by atoms with E-state index < -0.39 is 24.1 Å². The molecule has 0 fully saturated rings. The molecule has 2 N–H and O–H groups in total. The van der Waals surface area contributed by atoms with Gasteiger partial charge in [0.1, 0.15) is 0 Å². The van der Waals surface area contributed by atoms with Crippen molar-refractivity contribution in [1.29, 1.82) is 0 Å². The Morgan fingerprint density at radius 2 is 1.12 bits per heavy atom. The third-order valence-electron chi connectivity index (χ3n) is 2.27. The number of aliphatic carboxylic acids is 2. The zero-order chi connectivity index (χ0) is 12.9. The van der Waals surface area contributed by atoms with Crippen LogP contribution in [0.4, 0.5) is 0 Å². The summed E-state index contributed by atoms with van der Waals surface area (Å²) in [7, 11) is 2.62. The van der Waals surface area contributed by atoms with E-state index in [-0.39, 0.29) is 11.1 Å². The molecule has 0 aliphatic heterocycles. The lowest BCUT2D eigenvalue weighted by molar-refractivity contribution is -0.138. The number of ether oxygens (including phenoxy) is 2. The Labute approximate surface area is 93.5 Å². The van der Waals surface area contributed by atoms with Crippen LogP contribution in [-0.2, 0) is 19.1 Å². The first-order valence-electron chi connectivity index (χ1n) is 4.63. The highest BCUT2D eigenvalue weighted by atomic mass is 16.5. The van der Waals surface area contributed by atoms with E-state index in [1.807, 2.05) is 0 Å². The fraction of sp³-hybridized carbons (Fsp3) is 0.600. The van der Waals surface area contributed by atoms with E-state index in [2.05, 4.69) is 0 Å². The van der Waals surface area contributed by atoms with Crippen molar-refractivity contribution in [3.8, 4) is 0 Å². The average molecular weight is 232 g/mol. The van der Waals surface area contributed by atoms with Crippen LogP contribution >= 0.6 is 0 Å². The van der Waals surface area contributed by atoms with Crippen molar-refractivity contribution in [1.82, 2.24) is 0 Å². The summed E-state index contributed by atoms with van der Waals surface area (Å²) >= 11 is 0. The minimum absolute atomic E-state index is 0.302.